The molecule has 1 unspecified atom stereocenters. The molecule has 19 heavy (non-hydrogen) atoms. The van der Waals surface area contributed by atoms with Gasteiger partial charge in [0.2, 0.25) is 0 Å². The molecule has 1 heterocycles. The molecule has 1 spiro atoms. The molecule has 2 heteroatoms. The fourth-order valence-corrected chi connectivity index (χ4v) is 4.95. The van der Waals surface area contributed by atoms with E-state index in [0.717, 1.165) is 17.4 Å². The summed E-state index contributed by atoms with van der Waals surface area (Å²) in [4.78, 5) is 2.75. The minimum atomic E-state index is 0.750. The van der Waals surface area contributed by atoms with Gasteiger partial charge in [-0.15, -0.1) is 0 Å². The van der Waals surface area contributed by atoms with Crippen molar-refractivity contribution in [2.45, 2.75) is 70.3 Å². The highest BCUT2D eigenvalue weighted by Crippen LogP contribution is 2.46. The highest BCUT2D eigenvalue weighted by Gasteiger charge is 2.37. The van der Waals surface area contributed by atoms with Crippen molar-refractivity contribution in [2.75, 3.05) is 26.7 Å². The quantitative estimate of drug-likeness (QED) is 0.837. The lowest BCUT2D eigenvalue weighted by atomic mass is 9.77. The monoisotopic (exact) mass is 264 g/mol. The number of nitrogens with zero attached hydrogens (tertiary/aromatic N) is 1. The summed E-state index contributed by atoms with van der Waals surface area (Å²) in [5, 5.41) is 3.61. The van der Waals surface area contributed by atoms with E-state index in [1.54, 1.807) is 0 Å². The molecule has 0 aromatic heterocycles. The van der Waals surface area contributed by atoms with Crippen LogP contribution in [-0.4, -0.2) is 37.6 Å². The van der Waals surface area contributed by atoms with Crippen LogP contribution in [0.15, 0.2) is 0 Å². The molecule has 110 valence electrons. The van der Waals surface area contributed by atoms with Gasteiger partial charge in [-0.1, -0.05) is 25.7 Å². The number of likely N-dealkylation sites (tertiary alicyclic amines) is 1. The molecule has 0 amide bonds. The van der Waals surface area contributed by atoms with Gasteiger partial charge >= 0.3 is 0 Å². The van der Waals surface area contributed by atoms with Crippen molar-refractivity contribution in [3.8, 4) is 0 Å². The molecule has 3 fully saturated rings. The maximum Gasteiger partial charge on any atom is 0.0220 e. The zero-order valence-electron chi connectivity index (χ0n) is 12.8. The summed E-state index contributed by atoms with van der Waals surface area (Å²) in [6.07, 6.45) is 14.9. The highest BCUT2D eigenvalue weighted by atomic mass is 15.2. The molecule has 3 rings (SSSR count). The van der Waals surface area contributed by atoms with Crippen LogP contribution in [0.3, 0.4) is 0 Å². The van der Waals surface area contributed by atoms with E-state index in [9.17, 15) is 0 Å². The Morgan fingerprint density at radius 2 is 1.63 bits per heavy atom. The van der Waals surface area contributed by atoms with Crippen LogP contribution in [0.25, 0.3) is 0 Å². The topological polar surface area (TPSA) is 15.3 Å². The van der Waals surface area contributed by atoms with Gasteiger partial charge in [0.25, 0.3) is 0 Å². The van der Waals surface area contributed by atoms with Gasteiger partial charge in [-0.2, -0.15) is 0 Å². The van der Waals surface area contributed by atoms with E-state index in [-0.39, 0.29) is 0 Å². The Labute approximate surface area is 119 Å². The molecule has 0 bridgehead atoms. The van der Waals surface area contributed by atoms with Crippen LogP contribution in [0, 0.1) is 11.3 Å². The molecule has 1 saturated heterocycles. The molecule has 0 aromatic rings. The SMILES string of the molecule is CNC(CN1CCC2(CCCC2)CC1)C1CCCC1. The molecule has 3 aliphatic rings. The first kappa shape index (κ1) is 13.9. The van der Waals surface area contributed by atoms with E-state index < -0.39 is 0 Å². The summed E-state index contributed by atoms with van der Waals surface area (Å²) < 4.78 is 0. The molecule has 1 aliphatic heterocycles. The van der Waals surface area contributed by atoms with Crippen LogP contribution in [0.4, 0.5) is 0 Å². The minimum absolute atomic E-state index is 0.750. The molecule has 2 nitrogen and oxygen atoms in total. The van der Waals surface area contributed by atoms with Crippen LogP contribution < -0.4 is 5.32 Å². The van der Waals surface area contributed by atoms with Crippen LogP contribution >= 0.6 is 0 Å². The number of likely N-dealkylation sites (N-methyl/N-ethyl adjacent to an activating group) is 1. The third-order valence-corrected chi connectivity index (χ3v) is 6.38. The first-order valence-electron chi connectivity index (χ1n) is 8.71. The van der Waals surface area contributed by atoms with E-state index in [1.165, 1.54) is 83.8 Å². The summed E-state index contributed by atoms with van der Waals surface area (Å²) in [6, 6.07) is 0.750. The van der Waals surface area contributed by atoms with Gasteiger partial charge in [-0.05, 0) is 70.0 Å². The molecule has 0 radical (unpaired) electrons. The predicted molar refractivity (Wildman–Crippen MR) is 81.4 cm³/mol. The standard InChI is InChI=1S/C17H32N2/c1-18-16(15-6-2-3-7-15)14-19-12-10-17(11-13-19)8-4-5-9-17/h15-16,18H,2-14H2,1H3. The number of hydrogen-bond acceptors (Lipinski definition) is 2. The highest BCUT2D eigenvalue weighted by molar-refractivity contribution is 4.91. The lowest BCUT2D eigenvalue weighted by Gasteiger charge is -2.41. The van der Waals surface area contributed by atoms with Crippen molar-refractivity contribution in [3.63, 3.8) is 0 Å². The van der Waals surface area contributed by atoms with Gasteiger partial charge in [-0.25, -0.2) is 0 Å². The fourth-order valence-electron chi connectivity index (χ4n) is 4.95. The van der Waals surface area contributed by atoms with Gasteiger partial charge in [0, 0.05) is 12.6 Å². The second kappa shape index (κ2) is 6.13. The lowest BCUT2D eigenvalue weighted by Crippen LogP contribution is -2.47. The number of rotatable bonds is 4. The van der Waals surface area contributed by atoms with Crippen molar-refractivity contribution < 1.29 is 0 Å². The van der Waals surface area contributed by atoms with Gasteiger partial charge in [0.1, 0.15) is 0 Å². The van der Waals surface area contributed by atoms with Crippen LogP contribution in [0.5, 0.6) is 0 Å². The van der Waals surface area contributed by atoms with E-state index in [0.29, 0.717) is 0 Å². The average Bonchev–Trinajstić information content (AvgIpc) is 3.10. The summed E-state index contributed by atoms with van der Waals surface area (Å²) in [6.45, 7) is 4.03. The first-order valence-corrected chi connectivity index (χ1v) is 8.71. The zero-order chi connectivity index (χ0) is 13.1. The molecule has 1 N–H and O–H groups in total. The number of nitrogens with one attached hydrogen (secondary N) is 1. The van der Waals surface area contributed by atoms with E-state index in [2.05, 4.69) is 17.3 Å². The Bertz CT molecular complexity index is 267. The first-order chi connectivity index (χ1) is 9.31. The Morgan fingerprint density at radius 1 is 1.00 bits per heavy atom. The molecular weight excluding hydrogens is 232 g/mol. The van der Waals surface area contributed by atoms with Crippen molar-refractivity contribution in [1.82, 2.24) is 10.2 Å². The maximum absolute atomic E-state index is 3.61. The van der Waals surface area contributed by atoms with Crippen molar-refractivity contribution >= 4 is 0 Å². The van der Waals surface area contributed by atoms with Gasteiger partial charge in [0.15, 0.2) is 0 Å². The van der Waals surface area contributed by atoms with Gasteiger partial charge < -0.3 is 10.2 Å². The van der Waals surface area contributed by atoms with Crippen molar-refractivity contribution in [3.05, 3.63) is 0 Å². The maximum atomic E-state index is 3.61. The van der Waals surface area contributed by atoms with E-state index in [4.69, 9.17) is 0 Å². The molecular formula is C17H32N2. The molecule has 0 aromatic carbocycles. The fraction of sp³-hybridized carbons (Fsp3) is 1.00. The summed E-state index contributed by atoms with van der Waals surface area (Å²) in [5.41, 5.74) is 0.777. The van der Waals surface area contributed by atoms with Crippen molar-refractivity contribution in [2.24, 2.45) is 11.3 Å². The smallest absolute Gasteiger partial charge is 0.0220 e. The molecule has 1 atom stereocenters. The van der Waals surface area contributed by atoms with Gasteiger partial charge in [-0.3, -0.25) is 0 Å². The Balaban J connectivity index is 1.47. The third kappa shape index (κ3) is 3.16. The van der Waals surface area contributed by atoms with Crippen LogP contribution in [0.2, 0.25) is 0 Å². The largest absolute Gasteiger partial charge is 0.315 e. The molecule has 2 aliphatic carbocycles. The summed E-state index contributed by atoms with van der Waals surface area (Å²) in [7, 11) is 2.17. The number of piperidine rings is 1. The molecule has 2 saturated carbocycles. The second-order valence-corrected chi connectivity index (χ2v) is 7.45. The zero-order valence-corrected chi connectivity index (χ0v) is 12.8. The van der Waals surface area contributed by atoms with Crippen LogP contribution in [-0.2, 0) is 0 Å². The predicted octanol–water partition coefficient (Wildman–Crippen LogP) is 3.42. The summed E-state index contributed by atoms with van der Waals surface area (Å²) in [5.74, 6) is 0.951. The van der Waals surface area contributed by atoms with Gasteiger partial charge in [0.05, 0.1) is 0 Å². The minimum Gasteiger partial charge on any atom is -0.315 e. The number of hydrogen-bond donors (Lipinski definition) is 1. The average molecular weight is 264 g/mol. The summed E-state index contributed by atoms with van der Waals surface area (Å²) >= 11 is 0. The van der Waals surface area contributed by atoms with Crippen molar-refractivity contribution in [1.29, 1.82) is 0 Å². The Kier molecular flexibility index (Phi) is 4.48. The Hall–Kier alpha value is -0.0800. The normalized spacial score (nSPS) is 30.2. The second-order valence-electron chi connectivity index (χ2n) is 7.45. The van der Waals surface area contributed by atoms with E-state index in [1.807, 2.05) is 0 Å². The van der Waals surface area contributed by atoms with Crippen LogP contribution in [0.1, 0.15) is 64.2 Å². The third-order valence-electron chi connectivity index (χ3n) is 6.38. The Morgan fingerprint density at radius 3 is 2.21 bits per heavy atom. The lowest BCUT2D eigenvalue weighted by molar-refractivity contribution is 0.0943. The van der Waals surface area contributed by atoms with E-state index >= 15 is 0 Å².